The summed E-state index contributed by atoms with van der Waals surface area (Å²) in [5.41, 5.74) is 8.01. The molecule has 0 amide bonds. The molecule has 0 bridgehead atoms. The van der Waals surface area contributed by atoms with Crippen molar-refractivity contribution in [1.29, 1.82) is 0 Å². The van der Waals surface area contributed by atoms with Gasteiger partial charge in [-0.25, -0.2) is 13.8 Å². The Morgan fingerprint density at radius 1 is 1.08 bits per heavy atom. The van der Waals surface area contributed by atoms with E-state index in [0.29, 0.717) is 24.3 Å². The Morgan fingerprint density at radius 3 is 2.46 bits per heavy atom. The molecule has 0 radical (unpaired) electrons. The minimum atomic E-state index is -0.305. The van der Waals surface area contributed by atoms with Crippen molar-refractivity contribution in [3.05, 3.63) is 77.8 Å². The molecule has 0 saturated heterocycles. The Hall–Kier alpha value is -2.53. The van der Waals surface area contributed by atoms with Crippen LogP contribution in [-0.2, 0) is 6.54 Å². The zero-order valence-corrected chi connectivity index (χ0v) is 13.4. The third-order valence-electron chi connectivity index (χ3n) is 3.96. The molecule has 0 spiro atoms. The first kappa shape index (κ1) is 16.3. The van der Waals surface area contributed by atoms with Crippen molar-refractivity contribution in [1.82, 2.24) is 9.55 Å². The van der Waals surface area contributed by atoms with Crippen LogP contribution in [0.25, 0.3) is 11.3 Å². The standard InChI is InChI=1S/C19H19F2N3/c1-13(10-22)19-23-18(15-5-3-7-17(21)9-15)12-24(19)11-14-4-2-6-16(20)8-14/h2-9,12-13H,10-11,22H2,1H3. The highest BCUT2D eigenvalue weighted by atomic mass is 19.1. The molecule has 3 aromatic rings. The summed E-state index contributed by atoms with van der Waals surface area (Å²) in [5.74, 6) is 0.272. The van der Waals surface area contributed by atoms with Crippen molar-refractivity contribution >= 4 is 0 Å². The maximum Gasteiger partial charge on any atom is 0.123 e. The number of imidazole rings is 1. The fourth-order valence-corrected chi connectivity index (χ4v) is 2.67. The van der Waals surface area contributed by atoms with Gasteiger partial charge in [-0.15, -0.1) is 0 Å². The van der Waals surface area contributed by atoms with Crippen LogP contribution in [-0.4, -0.2) is 16.1 Å². The van der Waals surface area contributed by atoms with Crippen LogP contribution in [0.2, 0.25) is 0 Å². The summed E-state index contributed by atoms with van der Waals surface area (Å²) in [6, 6.07) is 12.8. The van der Waals surface area contributed by atoms with Crippen molar-refractivity contribution in [2.24, 2.45) is 5.73 Å². The van der Waals surface area contributed by atoms with E-state index in [-0.39, 0.29) is 17.6 Å². The van der Waals surface area contributed by atoms with Crippen LogP contribution in [0.4, 0.5) is 8.78 Å². The molecule has 0 saturated carbocycles. The summed E-state index contributed by atoms with van der Waals surface area (Å²) in [6.45, 7) is 2.92. The largest absolute Gasteiger partial charge is 0.330 e. The quantitative estimate of drug-likeness (QED) is 0.771. The molecule has 0 fully saturated rings. The lowest BCUT2D eigenvalue weighted by molar-refractivity contribution is 0.615. The van der Waals surface area contributed by atoms with Crippen LogP contribution >= 0.6 is 0 Å². The second kappa shape index (κ2) is 6.93. The predicted octanol–water partition coefficient (Wildman–Crippen LogP) is 3.94. The van der Waals surface area contributed by atoms with Gasteiger partial charge in [0.25, 0.3) is 0 Å². The number of nitrogens with zero attached hydrogens (tertiary/aromatic N) is 2. The summed E-state index contributed by atoms with van der Waals surface area (Å²) in [5, 5.41) is 0. The highest BCUT2D eigenvalue weighted by molar-refractivity contribution is 5.58. The average Bonchev–Trinajstić information content (AvgIpc) is 2.98. The minimum Gasteiger partial charge on any atom is -0.330 e. The van der Waals surface area contributed by atoms with Gasteiger partial charge >= 0.3 is 0 Å². The first-order valence-electron chi connectivity index (χ1n) is 7.84. The smallest absolute Gasteiger partial charge is 0.123 e. The van der Waals surface area contributed by atoms with E-state index in [0.717, 1.165) is 11.4 Å². The molecule has 124 valence electrons. The van der Waals surface area contributed by atoms with E-state index in [1.807, 2.05) is 29.8 Å². The number of aromatic nitrogens is 2. The van der Waals surface area contributed by atoms with Crippen LogP contribution in [0.5, 0.6) is 0 Å². The van der Waals surface area contributed by atoms with E-state index in [9.17, 15) is 8.78 Å². The maximum absolute atomic E-state index is 13.5. The van der Waals surface area contributed by atoms with Gasteiger partial charge in [0.1, 0.15) is 17.5 Å². The fourth-order valence-electron chi connectivity index (χ4n) is 2.67. The van der Waals surface area contributed by atoms with E-state index in [4.69, 9.17) is 5.73 Å². The molecule has 3 rings (SSSR count). The van der Waals surface area contributed by atoms with Crippen LogP contribution in [0, 0.1) is 11.6 Å². The fraction of sp³-hybridized carbons (Fsp3) is 0.211. The molecule has 2 aromatic carbocycles. The first-order chi connectivity index (χ1) is 11.6. The molecule has 5 heteroatoms. The van der Waals surface area contributed by atoms with Crippen LogP contribution in [0.15, 0.2) is 54.7 Å². The second-order valence-corrected chi connectivity index (χ2v) is 5.89. The monoisotopic (exact) mass is 327 g/mol. The van der Waals surface area contributed by atoms with Gasteiger partial charge in [0.15, 0.2) is 0 Å². The molecule has 0 aliphatic carbocycles. The Kier molecular flexibility index (Phi) is 4.71. The van der Waals surface area contributed by atoms with Crippen molar-refractivity contribution in [2.45, 2.75) is 19.4 Å². The topological polar surface area (TPSA) is 43.8 Å². The summed E-state index contributed by atoms with van der Waals surface area (Å²) in [4.78, 5) is 4.63. The van der Waals surface area contributed by atoms with Crippen molar-refractivity contribution < 1.29 is 8.78 Å². The molecular formula is C19H19F2N3. The number of rotatable bonds is 5. The number of hydrogen-bond donors (Lipinski definition) is 1. The lowest BCUT2D eigenvalue weighted by Crippen LogP contribution is -2.15. The Labute approximate surface area is 139 Å². The highest BCUT2D eigenvalue weighted by Crippen LogP contribution is 2.24. The van der Waals surface area contributed by atoms with Gasteiger partial charge in [-0.3, -0.25) is 0 Å². The van der Waals surface area contributed by atoms with E-state index in [2.05, 4.69) is 4.98 Å². The lowest BCUT2D eigenvalue weighted by atomic mass is 10.1. The van der Waals surface area contributed by atoms with Crippen molar-refractivity contribution in [2.75, 3.05) is 6.54 Å². The number of halogens is 2. The molecule has 1 unspecified atom stereocenters. The molecule has 3 nitrogen and oxygen atoms in total. The van der Waals surface area contributed by atoms with Gasteiger partial charge < -0.3 is 10.3 Å². The zero-order valence-electron chi connectivity index (χ0n) is 13.4. The predicted molar refractivity (Wildman–Crippen MR) is 90.6 cm³/mol. The summed E-state index contributed by atoms with van der Waals surface area (Å²) >= 11 is 0. The molecule has 0 aliphatic heterocycles. The van der Waals surface area contributed by atoms with Crippen LogP contribution in [0.3, 0.4) is 0 Å². The van der Waals surface area contributed by atoms with Crippen molar-refractivity contribution in [3.63, 3.8) is 0 Å². The first-order valence-corrected chi connectivity index (χ1v) is 7.84. The third-order valence-corrected chi connectivity index (χ3v) is 3.96. The Balaban J connectivity index is 2.00. The molecule has 24 heavy (non-hydrogen) atoms. The molecular weight excluding hydrogens is 308 g/mol. The summed E-state index contributed by atoms with van der Waals surface area (Å²) in [6.07, 6.45) is 1.86. The van der Waals surface area contributed by atoms with E-state index in [1.165, 1.54) is 24.3 Å². The van der Waals surface area contributed by atoms with Gasteiger partial charge in [0, 0.05) is 30.8 Å². The second-order valence-electron chi connectivity index (χ2n) is 5.89. The zero-order chi connectivity index (χ0) is 17.1. The van der Waals surface area contributed by atoms with Crippen molar-refractivity contribution in [3.8, 4) is 11.3 Å². The van der Waals surface area contributed by atoms with Gasteiger partial charge in [-0.1, -0.05) is 31.2 Å². The number of benzene rings is 2. The highest BCUT2D eigenvalue weighted by Gasteiger charge is 2.15. The molecule has 0 aliphatic rings. The Bertz CT molecular complexity index is 842. The molecule has 1 heterocycles. The Morgan fingerprint density at radius 2 is 1.79 bits per heavy atom. The average molecular weight is 327 g/mol. The van der Waals surface area contributed by atoms with Gasteiger partial charge in [0.2, 0.25) is 0 Å². The van der Waals surface area contributed by atoms with Gasteiger partial charge in [-0.2, -0.15) is 0 Å². The van der Waals surface area contributed by atoms with Gasteiger partial charge in [0.05, 0.1) is 5.69 Å². The number of nitrogens with two attached hydrogens (primary N) is 1. The third kappa shape index (κ3) is 3.51. The SMILES string of the molecule is CC(CN)c1nc(-c2cccc(F)c2)cn1Cc1cccc(F)c1. The number of hydrogen-bond acceptors (Lipinski definition) is 2. The molecule has 1 aromatic heterocycles. The van der Waals surface area contributed by atoms with Crippen LogP contribution in [0.1, 0.15) is 24.2 Å². The van der Waals surface area contributed by atoms with E-state index in [1.54, 1.807) is 12.1 Å². The lowest BCUT2D eigenvalue weighted by Gasteiger charge is -2.12. The van der Waals surface area contributed by atoms with E-state index < -0.39 is 0 Å². The normalized spacial score (nSPS) is 12.3. The molecule has 1 atom stereocenters. The molecule has 2 N–H and O–H groups in total. The van der Waals surface area contributed by atoms with Gasteiger partial charge in [-0.05, 0) is 29.8 Å². The van der Waals surface area contributed by atoms with Crippen LogP contribution < -0.4 is 5.73 Å². The summed E-state index contributed by atoms with van der Waals surface area (Å²) < 4.78 is 28.9. The van der Waals surface area contributed by atoms with E-state index >= 15 is 0 Å². The minimum absolute atomic E-state index is 0.0425. The summed E-state index contributed by atoms with van der Waals surface area (Å²) in [7, 11) is 0. The maximum atomic E-state index is 13.5.